The Labute approximate surface area is 175 Å². The van der Waals surface area contributed by atoms with E-state index in [0.29, 0.717) is 24.7 Å². The number of hydrogen-bond donors (Lipinski definition) is 0. The van der Waals surface area contributed by atoms with E-state index in [0.717, 1.165) is 40.9 Å². The quantitative estimate of drug-likeness (QED) is 0.643. The number of amides is 1. The van der Waals surface area contributed by atoms with E-state index in [-0.39, 0.29) is 11.9 Å². The third-order valence-corrected chi connectivity index (χ3v) is 5.57. The Kier molecular flexibility index (Phi) is 5.48. The highest BCUT2D eigenvalue weighted by Gasteiger charge is 2.34. The molecule has 0 radical (unpaired) electrons. The van der Waals surface area contributed by atoms with Gasteiger partial charge in [-0.2, -0.15) is 0 Å². The maximum atomic E-state index is 13.1. The van der Waals surface area contributed by atoms with Crippen LogP contribution in [0.1, 0.15) is 41.4 Å². The number of hydrogen-bond acceptors (Lipinski definition) is 7. The first-order valence-electron chi connectivity index (χ1n) is 10.1. The lowest BCUT2D eigenvalue weighted by molar-refractivity contribution is -0.131. The van der Waals surface area contributed by atoms with E-state index in [1.165, 1.54) is 0 Å². The predicted molar refractivity (Wildman–Crippen MR) is 113 cm³/mol. The van der Waals surface area contributed by atoms with Gasteiger partial charge in [0.2, 0.25) is 11.9 Å². The van der Waals surface area contributed by atoms with Gasteiger partial charge in [0.25, 0.3) is 0 Å². The number of carbonyl (C=O) groups is 1. The van der Waals surface area contributed by atoms with Crippen LogP contribution in [-0.4, -0.2) is 51.6 Å². The Morgan fingerprint density at radius 2 is 2.13 bits per heavy atom. The molecule has 0 unspecified atom stereocenters. The Balaban J connectivity index is 1.72. The molecular weight excluding hydrogens is 380 g/mol. The van der Waals surface area contributed by atoms with Gasteiger partial charge in [-0.1, -0.05) is 11.2 Å². The molecule has 1 amide bonds. The largest absolute Gasteiger partial charge is 0.356 e. The van der Waals surface area contributed by atoms with Gasteiger partial charge in [-0.15, -0.1) is 0 Å². The molecule has 30 heavy (non-hydrogen) atoms. The molecular formula is C22H26N6O2. The Bertz CT molecular complexity index is 1050. The van der Waals surface area contributed by atoms with Crippen molar-refractivity contribution in [2.75, 3.05) is 25.5 Å². The number of nitrogens with zero attached hydrogens (tertiary/aromatic N) is 6. The number of carbonyl (C=O) groups excluding carboxylic acids is 1. The number of pyridine rings is 1. The summed E-state index contributed by atoms with van der Waals surface area (Å²) < 4.78 is 5.62. The summed E-state index contributed by atoms with van der Waals surface area (Å²) in [6.07, 6.45) is 7.34. The minimum Gasteiger partial charge on any atom is -0.356 e. The van der Waals surface area contributed by atoms with Crippen LogP contribution in [0.2, 0.25) is 0 Å². The van der Waals surface area contributed by atoms with Gasteiger partial charge in [0, 0.05) is 44.8 Å². The van der Waals surface area contributed by atoms with Crippen LogP contribution >= 0.6 is 0 Å². The molecule has 0 bridgehead atoms. The standard InChI is InChI=1S/C22H26N6O2/c1-14-15(2)26-30-21(14)17-13-24-22(27(3)4)25-20(17)18-8-6-10-28(18)19(29)11-16-7-5-9-23-12-16/h5,7,9,12-13,18H,6,8,10-11H2,1-4H3/t18-/m1/s1. The summed E-state index contributed by atoms with van der Waals surface area (Å²) in [6.45, 7) is 4.60. The molecule has 1 aliphatic heterocycles. The van der Waals surface area contributed by atoms with Gasteiger partial charge in [-0.25, -0.2) is 9.97 Å². The number of likely N-dealkylation sites (tertiary alicyclic amines) is 1. The Morgan fingerprint density at radius 3 is 2.80 bits per heavy atom. The molecule has 3 aromatic heterocycles. The first-order valence-corrected chi connectivity index (χ1v) is 10.1. The van der Waals surface area contributed by atoms with Crippen molar-refractivity contribution in [3.05, 3.63) is 53.2 Å². The van der Waals surface area contributed by atoms with Crippen molar-refractivity contribution in [3.63, 3.8) is 0 Å². The van der Waals surface area contributed by atoms with E-state index < -0.39 is 0 Å². The zero-order valence-electron chi connectivity index (χ0n) is 17.8. The third kappa shape index (κ3) is 3.77. The molecule has 0 saturated carbocycles. The zero-order valence-corrected chi connectivity index (χ0v) is 17.8. The normalized spacial score (nSPS) is 16.1. The molecule has 1 saturated heterocycles. The van der Waals surface area contributed by atoms with Gasteiger partial charge >= 0.3 is 0 Å². The van der Waals surface area contributed by atoms with Crippen molar-refractivity contribution >= 4 is 11.9 Å². The van der Waals surface area contributed by atoms with E-state index >= 15 is 0 Å². The zero-order chi connectivity index (χ0) is 21.3. The van der Waals surface area contributed by atoms with Crippen LogP contribution in [0.25, 0.3) is 11.3 Å². The van der Waals surface area contributed by atoms with E-state index in [2.05, 4.69) is 15.1 Å². The highest BCUT2D eigenvalue weighted by atomic mass is 16.5. The van der Waals surface area contributed by atoms with Gasteiger partial charge in [0.15, 0.2) is 5.76 Å². The van der Waals surface area contributed by atoms with Crippen molar-refractivity contribution in [2.45, 2.75) is 39.2 Å². The first-order chi connectivity index (χ1) is 14.5. The molecule has 4 rings (SSSR count). The molecule has 0 aromatic carbocycles. The monoisotopic (exact) mass is 406 g/mol. The maximum absolute atomic E-state index is 13.1. The molecule has 3 aromatic rings. The lowest BCUT2D eigenvalue weighted by Gasteiger charge is -2.26. The summed E-state index contributed by atoms with van der Waals surface area (Å²) in [5, 5.41) is 4.10. The molecule has 1 aliphatic rings. The van der Waals surface area contributed by atoms with Gasteiger partial charge in [0.1, 0.15) is 0 Å². The fourth-order valence-electron chi connectivity index (χ4n) is 3.82. The fraction of sp³-hybridized carbons (Fsp3) is 0.409. The fourth-order valence-corrected chi connectivity index (χ4v) is 3.82. The molecule has 4 heterocycles. The minimum atomic E-state index is -0.129. The average Bonchev–Trinajstić information content (AvgIpc) is 3.36. The summed E-state index contributed by atoms with van der Waals surface area (Å²) in [4.78, 5) is 30.4. The van der Waals surface area contributed by atoms with Crippen molar-refractivity contribution in [1.29, 1.82) is 0 Å². The Hall–Kier alpha value is -3.29. The van der Waals surface area contributed by atoms with Crippen LogP contribution in [0, 0.1) is 13.8 Å². The molecule has 0 spiro atoms. The highest BCUT2D eigenvalue weighted by Crippen LogP contribution is 2.38. The van der Waals surface area contributed by atoms with Gasteiger partial charge in [0.05, 0.1) is 29.4 Å². The van der Waals surface area contributed by atoms with Crippen LogP contribution in [-0.2, 0) is 11.2 Å². The summed E-state index contributed by atoms with van der Waals surface area (Å²) >= 11 is 0. The number of rotatable bonds is 5. The summed E-state index contributed by atoms with van der Waals surface area (Å²) in [6, 6.07) is 3.65. The van der Waals surface area contributed by atoms with Crippen LogP contribution < -0.4 is 4.90 Å². The van der Waals surface area contributed by atoms with E-state index in [1.54, 1.807) is 18.6 Å². The van der Waals surface area contributed by atoms with E-state index in [4.69, 9.17) is 9.51 Å². The van der Waals surface area contributed by atoms with Crippen LogP contribution in [0.5, 0.6) is 0 Å². The first kappa shape index (κ1) is 20.0. The molecule has 0 aliphatic carbocycles. The molecule has 1 atom stereocenters. The molecule has 8 nitrogen and oxygen atoms in total. The maximum Gasteiger partial charge on any atom is 0.227 e. The number of aromatic nitrogens is 4. The molecule has 8 heteroatoms. The predicted octanol–water partition coefficient (Wildman–Crippen LogP) is 3.12. The topological polar surface area (TPSA) is 88.3 Å². The summed E-state index contributed by atoms with van der Waals surface area (Å²) in [7, 11) is 3.81. The van der Waals surface area contributed by atoms with Crippen LogP contribution in [0.15, 0.2) is 35.2 Å². The van der Waals surface area contributed by atoms with E-state index in [1.807, 2.05) is 49.9 Å². The number of aryl methyl sites for hydroxylation is 1. The lowest BCUT2D eigenvalue weighted by atomic mass is 10.0. The van der Waals surface area contributed by atoms with Crippen molar-refractivity contribution in [3.8, 4) is 11.3 Å². The van der Waals surface area contributed by atoms with Crippen LogP contribution in [0.3, 0.4) is 0 Å². The van der Waals surface area contributed by atoms with Crippen molar-refractivity contribution < 1.29 is 9.32 Å². The average molecular weight is 406 g/mol. The smallest absolute Gasteiger partial charge is 0.227 e. The lowest BCUT2D eigenvalue weighted by Crippen LogP contribution is -2.33. The highest BCUT2D eigenvalue weighted by molar-refractivity contribution is 5.80. The molecule has 0 N–H and O–H groups in total. The van der Waals surface area contributed by atoms with Crippen LogP contribution in [0.4, 0.5) is 5.95 Å². The van der Waals surface area contributed by atoms with Gasteiger partial charge < -0.3 is 14.3 Å². The molecule has 1 fully saturated rings. The van der Waals surface area contributed by atoms with Crippen molar-refractivity contribution in [2.24, 2.45) is 0 Å². The summed E-state index contributed by atoms with van der Waals surface area (Å²) in [5.41, 5.74) is 4.31. The second kappa shape index (κ2) is 8.22. The summed E-state index contributed by atoms with van der Waals surface area (Å²) in [5.74, 6) is 1.35. The SMILES string of the molecule is Cc1noc(-c2cnc(N(C)C)nc2[C@H]2CCCN2C(=O)Cc2cccnc2)c1C. The van der Waals surface area contributed by atoms with E-state index in [9.17, 15) is 4.79 Å². The second-order valence-electron chi connectivity index (χ2n) is 7.87. The number of anilines is 1. The minimum absolute atomic E-state index is 0.0759. The van der Waals surface area contributed by atoms with Gasteiger partial charge in [-0.3, -0.25) is 9.78 Å². The second-order valence-corrected chi connectivity index (χ2v) is 7.87. The third-order valence-electron chi connectivity index (χ3n) is 5.57. The van der Waals surface area contributed by atoms with Gasteiger partial charge in [-0.05, 0) is 38.3 Å². The Morgan fingerprint density at radius 1 is 1.30 bits per heavy atom. The van der Waals surface area contributed by atoms with Crippen molar-refractivity contribution in [1.82, 2.24) is 25.0 Å². The molecule has 156 valence electrons.